The van der Waals surface area contributed by atoms with Gasteiger partial charge in [0.05, 0.1) is 6.10 Å². The Morgan fingerprint density at radius 2 is 2.05 bits per heavy atom. The standard InChI is InChI=1S/C15H21N3O/c1-4-12-13(5-1)17-14(10-6-7-10)18-15(12)16-9-11-3-2-8-19-11/h10-11H,1-9H2,(H,16,17,18)/t11-/m1/s1. The molecule has 0 radical (unpaired) electrons. The molecule has 0 spiro atoms. The summed E-state index contributed by atoms with van der Waals surface area (Å²) in [5.74, 6) is 2.81. The van der Waals surface area contributed by atoms with Crippen LogP contribution in [0.1, 0.15) is 55.1 Å². The van der Waals surface area contributed by atoms with Gasteiger partial charge in [-0.1, -0.05) is 0 Å². The molecule has 2 heterocycles. The first kappa shape index (κ1) is 11.6. The summed E-state index contributed by atoms with van der Waals surface area (Å²) in [6, 6.07) is 0. The second kappa shape index (κ2) is 4.75. The molecule has 4 nitrogen and oxygen atoms in total. The molecule has 0 bridgehead atoms. The van der Waals surface area contributed by atoms with Crippen LogP contribution in [0, 0.1) is 0 Å². The molecule has 1 saturated heterocycles. The van der Waals surface area contributed by atoms with Crippen LogP contribution >= 0.6 is 0 Å². The molecule has 1 aromatic heterocycles. The van der Waals surface area contributed by atoms with E-state index in [2.05, 4.69) is 5.32 Å². The largest absolute Gasteiger partial charge is 0.376 e. The lowest BCUT2D eigenvalue weighted by molar-refractivity contribution is 0.120. The first-order chi connectivity index (χ1) is 9.40. The number of ether oxygens (including phenoxy) is 1. The fourth-order valence-electron chi connectivity index (χ4n) is 3.14. The summed E-state index contributed by atoms with van der Waals surface area (Å²) in [6.07, 6.45) is 8.77. The number of anilines is 1. The third kappa shape index (κ3) is 2.34. The summed E-state index contributed by atoms with van der Waals surface area (Å²) < 4.78 is 5.68. The minimum absolute atomic E-state index is 0.372. The monoisotopic (exact) mass is 259 g/mol. The number of hydrogen-bond donors (Lipinski definition) is 1. The van der Waals surface area contributed by atoms with E-state index in [9.17, 15) is 0 Å². The highest BCUT2D eigenvalue weighted by Gasteiger charge is 2.29. The summed E-state index contributed by atoms with van der Waals surface area (Å²) in [6.45, 7) is 1.81. The van der Waals surface area contributed by atoms with E-state index in [0.717, 1.165) is 37.6 Å². The Balaban J connectivity index is 1.55. The van der Waals surface area contributed by atoms with Gasteiger partial charge in [0, 0.05) is 30.3 Å². The van der Waals surface area contributed by atoms with Crippen LogP contribution < -0.4 is 5.32 Å². The molecule has 1 N–H and O–H groups in total. The van der Waals surface area contributed by atoms with Crippen molar-refractivity contribution >= 4 is 5.82 Å². The predicted molar refractivity (Wildman–Crippen MR) is 73.5 cm³/mol. The number of aryl methyl sites for hydroxylation is 1. The van der Waals surface area contributed by atoms with Gasteiger partial charge in [-0.2, -0.15) is 0 Å². The topological polar surface area (TPSA) is 47.0 Å². The predicted octanol–water partition coefficient (Wildman–Crippen LogP) is 2.43. The van der Waals surface area contributed by atoms with Crippen LogP contribution in [0.3, 0.4) is 0 Å². The van der Waals surface area contributed by atoms with E-state index in [-0.39, 0.29) is 0 Å². The zero-order chi connectivity index (χ0) is 12.7. The number of aromatic nitrogens is 2. The Bertz CT molecular complexity index is 479. The van der Waals surface area contributed by atoms with Crippen molar-refractivity contribution in [3.05, 3.63) is 17.1 Å². The van der Waals surface area contributed by atoms with Gasteiger partial charge in [0.25, 0.3) is 0 Å². The fraction of sp³-hybridized carbons (Fsp3) is 0.733. The average Bonchev–Trinajstić information content (AvgIpc) is 2.96. The molecule has 1 atom stereocenters. The fourth-order valence-corrected chi connectivity index (χ4v) is 3.14. The van der Waals surface area contributed by atoms with E-state index < -0.39 is 0 Å². The smallest absolute Gasteiger partial charge is 0.134 e. The lowest BCUT2D eigenvalue weighted by Gasteiger charge is -2.15. The van der Waals surface area contributed by atoms with Crippen LogP contribution in [0.2, 0.25) is 0 Å². The van der Waals surface area contributed by atoms with Gasteiger partial charge in [0.15, 0.2) is 0 Å². The minimum Gasteiger partial charge on any atom is -0.376 e. The van der Waals surface area contributed by atoms with Crippen molar-refractivity contribution in [2.75, 3.05) is 18.5 Å². The molecule has 0 unspecified atom stereocenters. The van der Waals surface area contributed by atoms with Crippen LogP contribution in [0.4, 0.5) is 5.82 Å². The van der Waals surface area contributed by atoms with E-state index in [4.69, 9.17) is 14.7 Å². The normalized spacial score (nSPS) is 25.6. The van der Waals surface area contributed by atoms with Crippen LogP contribution in [0.25, 0.3) is 0 Å². The van der Waals surface area contributed by atoms with Crippen molar-refractivity contribution in [3.8, 4) is 0 Å². The maximum Gasteiger partial charge on any atom is 0.134 e. The first-order valence-corrected chi connectivity index (χ1v) is 7.65. The van der Waals surface area contributed by atoms with Gasteiger partial charge in [0.2, 0.25) is 0 Å². The summed E-state index contributed by atoms with van der Waals surface area (Å²) >= 11 is 0. The van der Waals surface area contributed by atoms with Gasteiger partial charge in [-0.15, -0.1) is 0 Å². The van der Waals surface area contributed by atoms with Gasteiger partial charge < -0.3 is 10.1 Å². The minimum atomic E-state index is 0.372. The van der Waals surface area contributed by atoms with Crippen LogP contribution in [-0.4, -0.2) is 29.2 Å². The molecule has 3 aliphatic rings. The van der Waals surface area contributed by atoms with Crippen molar-refractivity contribution in [1.82, 2.24) is 9.97 Å². The third-order valence-electron chi connectivity index (χ3n) is 4.41. The second-order valence-electron chi connectivity index (χ2n) is 6.00. The van der Waals surface area contributed by atoms with Crippen molar-refractivity contribution in [1.29, 1.82) is 0 Å². The highest BCUT2D eigenvalue weighted by molar-refractivity contribution is 5.49. The Hall–Kier alpha value is -1.16. The van der Waals surface area contributed by atoms with E-state index in [1.165, 1.54) is 43.4 Å². The molecule has 19 heavy (non-hydrogen) atoms. The first-order valence-electron chi connectivity index (χ1n) is 7.65. The number of nitrogens with one attached hydrogen (secondary N) is 1. The number of nitrogens with zero attached hydrogens (tertiary/aromatic N) is 2. The van der Waals surface area contributed by atoms with Crippen LogP contribution in [-0.2, 0) is 17.6 Å². The summed E-state index contributed by atoms with van der Waals surface area (Å²) in [4.78, 5) is 9.56. The Morgan fingerprint density at radius 3 is 2.84 bits per heavy atom. The van der Waals surface area contributed by atoms with Crippen molar-refractivity contribution in [2.45, 2.75) is 57.0 Å². The zero-order valence-corrected chi connectivity index (χ0v) is 11.3. The molecule has 102 valence electrons. The number of fused-ring (bicyclic) bond motifs is 1. The quantitative estimate of drug-likeness (QED) is 0.902. The summed E-state index contributed by atoms with van der Waals surface area (Å²) in [7, 11) is 0. The molecular weight excluding hydrogens is 238 g/mol. The second-order valence-corrected chi connectivity index (χ2v) is 6.00. The SMILES string of the molecule is C1Cc2nc(C3CC3)nc(NC[C@H]3CCCO3)c2C1. The third-order valence-corrected chi connectivity index (χ3v) is 4.41. The lowest BCUT2D eigenvalue weighted by Crippen LogP contribution is -2.20. The highest BCUT2D eigenvalue weighted by Crippen LogP contribution is 2.40. The van der Waals surface area contributed by atoms with E-state index in [0.29, 0.717) is 12.0 Å². The van der Waals surface area contributed by atoms with Gasteiger partial charge in [-0.25, -0.2) is 9.97 Å². The maximum absolute atomic E-state index is 5.68. The van der Waals surface area contributed by atoms with Crippen molar-refractivity contribution in [3.63, 3.8) is 0 Å². The molecule has 1 aromatic rings. The molecule has 2 fully saturated rings. The lowest BCUT2D eigenvalue weighted by atomic mass is 10.2. The average molecular weight is 259 g/mol. The molecule has 4 rings (SSSR count). The molecule has 2 aliphatic carbocycles. The Labute approximate surface area is 114 Å². The van der Waals surface area contributed by atoms with E-state index in [1.807, 2.05) is 0 Å². The molecular formula is C15H21N3O. The summed E-state index contributed by atoms with van der Waals surface area (Å²) in [5.41, 5.74) is 2.66. The molecule has 4 heteroatoms. The molecule has 0 aromatic carbocycles. The number of rotatable bonds is 4. The highest BCUT2D eigenvalue weighted by atomic mass is 16.5. The van der Waals surface area contributed by atoms with Gasteiger partial charge in [-0.3, -0.25) is 0 Å². The molecule has 0 amide bonds. The Morgan fingerprint density at radius 1 is 1.11 bits per heavy atom. The van der Waals surface area contributed by atoms with Gasteiger partial charge in [-0.05, 0) is 44.9 Å². The molecule has 1 saturated carbocycles. The van der Waals surface area contributed by atoms with Gasteiger partial charge in [0.1, 0.15) is 11.6 Å². The summed E-state index contributed by atoms with van der Waals surface area (Å²) in [5, 5.41) is 3.53. The maximum atomic E-state index is 5.68. The van der Waals surface area contributed by atoms with Crippen LogP contribution in [0.5, 0.6) is 0 Å². The van der Waals surface area contributed by atoms with Crippen molar-refractivity contribution in [2.24, 2.45) is 0 Å². The number of hydrogen-bond acceptors (Lipinski definition) is 4. The van der Waals surface area contributed by atoms with Crippen LogP contribution in [0.15, 0.2) is 0 Å². The van der Waals surface area contributed by atoms with E-state index in [1.54, 1.807) is 0 Å². The zero-order valence-electron chi connectivity index (χ0n) is 11.3. The van der Waals surface area contributed by atoms with Gasteiger partial charge >= 0.3 is 0 Å². The Kier molecular flexibility index (Phi) is 2.91. The van der Waals surface area contributed by atoms with E-state index >= 15 is 0 Å². The molecule has 1 aliphatic heterocycles. The van der Waals surface area contributed by atoms with Crippen molar-refractivity contribution < 1.29 is 4.74 Å².